The molecule has 2 aromatic rings. The third-order valence-electron chi connectivity index (χ3n) is 13.8. The van der Waals surface area contributed by atoms with Gasteiger partial charge in [-0.15, -0.1) is 0 Å². The number of hydrogen-bond acceptors (Lipinski definition) is 9. The molecule has 4 aliphatic heterocycles. The molecule has 0 aliphatic carbocycles. The van der Waals surface area contributed by atoms with E-state index in [1.165, 1.54) is 39.3 Å². The number of unbranched alkanes of at least 4 members (excludes halogenated alkanes) is 1. The van der Waals surface area contributed by atoms with Crippen molar-refractivity contribution in [2.75, 3.05) is 6.54 Å². The number of phenolic OH excluding ortho intramolecular Hbond substituents is 2. The summed E-state index contributed by atoms with van der Waals surface area (Å²) < 4.78 is 13.1. The van der Waals surface area contributed by atoms with E-state index >= 15 is 0 Å². The van der Waals surface area contributed by atoms with E-state index in [0.717, 1.165) is 25.7 Å². The Morgan fingerprint density at radius 1 is 0.703 bits per heavy atom. The lowest BCUT2D eigenvalue weighted by atomic mass is 9.84. The number of rotatable bonds is 19. The number of phenols is 2. The summed E-state index contributed by atoms with van der Waals surface area (Å²) >= 11 is 0. The summed E-state index contributed by atoms with van der Waals surface area (Å²) in [6.07, 6.45) is 14.6. The van der Waals surface area contributed by atoms with Crippen molar-refractivity contribution in [1.29, 1.82) is 0 Å². The Balaban J connectivity index is 1.08. The van der Waals surface area contributed by atoms with Crippen LogP contribution in [-0.2, 0) is 30.7 Å². The number of hydrogen-bond donors (Lipinski definition) is 5. The van der Waals surface area contributed by atoms with Crippen molar-refractivity contribution in [2.45, 2.75) is 181 Å². The molecule has 0 spiro atoms. The Morgan fingerprint density at radius 2 is 1.17 bits per heavy atom. The number of fused-ring (bicyclic) bond motifs is 6. The Bertz CT molecular complexity index is 2250. The van der Waals surface area contributed by atoms with Crippen molar-refractivity contribution in [1.82, 2.24) is 9.80 Å². The van der Waals surface area contributed by atoms with Crippen LogP contribution in [0.5, 0.6) is 23.0 Å². The summed E-state index contributed by atoms with van der Waals surface area (Å²) in [6, 6.07) is 1.65. The van der Waals surface area contributed by atoms with Gasteiger partial charge in [0.15, 0.2) is 0 Å². The van der Waals surface area contributed by atoms with Gasteiger partial charge in [-0.1, -0.05) is 46.6 Å². The summed E-state index contributed by atoms with van der Waals surface area (Å²) in [6.45, 7) is 16.8. The molecule has 2 amide bonds. The first-order valence-corrected chi connectivity index (χ1v) is 23.1. The van der Waals surface area contributed by atoms with E-state index in [9.17, 15) is 39.9 Å². The van der Waals surface area contributed by atoms with Crippen LogP contribution in [0.15, 0.2) is 58.7 Å². The quantitative estimate of drug-likeness (QED) is 0.0675. The van der Waals surface area contributed by atoms with Crippen LogP contribution < -0.4 is 9.47 Å². The van der Waals surface area contributed by atoms with Gasteiger partial charge in [-0.2, -0.15) is 0 Å². The van der Waals surface area contributed by atoms with E-state index in [2.05, 4.69) is 65.8 Å². The van der Waals surface area contributed by atoms with Gasteiger partial charge in [0, 0.05) is 41.6 Å². The third kappa shape index (κ3) is 10.5. The normalized spacial score (nSPS) is 23.2. The molecule has 0 aromatic heterocycles. The zero-order valence-electron chi connectivity index (χ0n) is 39.2. The van der Waals surface area contributed by atoms with Gasteiger partial charge in [0.2, 0.25) is 0 Å². The Hall–Kier alpha value is -5.07. The van der Waals surface area contributed by atoms with E-state index in [0.29, 0.717) is 84.4 Å². The minimum Gasteiger partial charge on any atom is -0.508 e. The lowest BCUT2D eigenvalue weighted by Crippen LogP contribution is -2.49. The van der Waals surface area contributed by atoms with E-state index in [1.54, 1.807) is 4.90 Å². The molecule has 64 heavy (non-hydrogen) atoms. The van der Waals surface area contributed by atoms with Crippen LogP contribution in [0.25, 0.3) is 0 Å². The monoisotopic (exact) mass is 883 g/mol. The lowest BCUT2D eigenvalue weighted by Gasteiger charge is -2.41. The molecule has 348 valence electrons. The molecule has 0 fully saturated rings. The molecule has 12 nitrogen and oxygen atoms in total. The molecule has 5 atom stereocenters. The zero-order valence-corrected chi connectivity index (χ0v) is 39.2. The summed E-state index contributed by atoms with van der Waals surface area (Å²) in [5.74, 6) is -1.39. The predicted octanol–water partition coefficient (Wildman–Crippen LogP) is 9.39. The summed E-state index contributed by atoms with van der Waals surface area (Å²) in [5.41, 5.74) is 5.79. The zero-order chi connectivity index (χ0) is 46.7. The van der Waals surface area contributed by atoms with Crippen molar-refractivity contribution < 1.29 is 49.4 Å². The Morgan fingerprint density at radius 3 is 1.64 bits per heavy atom. The van der Waals surface area contributed by atoms with Crippen LogP contribution in [0, 0.1) is 0 Å². The highest BCUT2D eigenvalue weighted by Gasteiger charge is 2.47. The fourth-order valence-electron chi connectivity index (χ4n) is 9.56. The number of carboxylic acid groups (broad SMARTS) is 1. The van der Waals surface area contributed by atoms with Crippen molar-refractivity contribution in [3.63, 3.8) is 0 Å². The number of carboxylic acids is 1. The first-order chi connectivity index (χ1) is 30.2. The number of aromatic hydroxyl groups is 2. The molecule has 0 bridgehead atoms. The fraction of sp³-hybridized carbons (Fsp3) is 0.558. The number of amides is 2. The van der Waals surface area contributed by atoms with Crippen molar-refractivity contribution in [3.05, 3.63) is 92.1 Å². The number of aliphatic hydroxyl groups is 2. The standard InChI is InChI=1S/C52H70N2O10/c1-31(2)15-11-17-33(5)19-13-22-51(7)44(57)27-37-42(55)25-35-39(46(37)63-51)29-53(48(35)59)24-10-9-21-41(50(61)62)54-30-40-36(49(54)60)26-43(56)38-28-45(58)52(8,64-47(38)40)23-14-20-34(6)18-12-16-32(3)4/h15-16,19-20,25-26,41,44-45,55-58H,9-14,17-18,21-24,27-30H2,1-8H3,(H,61,62)/b33-19+,34-20+/t41-,44+,45+,51+,52+/m1/s1. The second-order valence-electron chi connectivity index (χ2n) is 19.6. The van der Waals surface area contributed by atoms with Gasteiger partial charge in [0.1, 0.15) is 40.2 Å². The van der Waals surface area contributed by atoms with E-state index in [-0.39, 0.29) is 55.3 Å². The largest absolute Gasteiger partial charge is 0.508 e. The highest BCUT2D eigenvalue weighted by atomic mass is 16.5. The second-order valence-corrected chi connectivity index (χ2v) is 19.6. The molecule has 0 radical (unpaired) electrons. The van der Waals surface area contributed by atoms with Gasteiger partial charge in [0.05, 0.1) is 36.4 Å². The number of allylic oxidation sites excluding steroid dienone is 8. The highest BCUT2D eigenvalue weighted by Crippen LogP contribution is 2.48. The minimum absolute atomic E-state index is 0.0163. The van der Waals surface area contributed by atoms with E-state index < -0.39 is 41.3 Å². The van der Waals surface area contributed by atoms with Crippen LogP contribution in [0.1, 0.15) is 169 Å². The maximum absolute atomic E-state index is 13.9. The van der Waals surface area contributed by atoms with Gasteiger partial charge >= 0.3 is 5.97 Å². The van der Waals surface area contributed by atoms with E-state index in [1.807, 2.05) is 13.8 Å². The number of aliphatic hydroxyl groups excluding tert-OH is 2. The fourth-order valence-corrected chi connectivity index (χ4v) is 9.56. The molecule has 0 unspecified atom stereocenters. The van der Waals surface area contributed by atoms with Crippen LogP contribution in [0.4, 0.5) is 0 Å². The van der Waals surface area contributed by atoms with Crippen LogP contribution in [0.3, 0.4) is 0 Å². The minimum atomic E-state index is -1.17. The number of aliphatic carboxylic acids is 1. The first kappa shape index (κ1) is 48.4. The van der Waals surface area contributed by atoms with Gasteiger partial charge in [-0.3, -0.25) is 9.59 Å². The second kappa shape index (κ2) is 20.0. The molecular formula is C52H70N2O10. The number of ether oxygens (including phenoxy) is 2. The highest BCUT2D eigenvalue weighted by molar-refractivity contribution is 6.02. The van der Waals surface area contributed by atoms with Gasteiger partial charge in [-0.25, -0.2) is 4.79 Å². The maximum Gasteiger partial charge on any atom is 0.326 e. The van der Waals surface area contributed by atoms with E-state index in [4.69, 9.17) is 9.47 Å². The molecule has 5 N–H and O–H groups in total. The molecular weight excluding hydrogens is 813 g/mol. The Kier molecular flexibility index (Phi) is 15.1. The average molecular weight is 883 g/mol. The number of benzene rings is 2. The summed E-state index contributed by atoms with van der Waals surface area (Å²) in [5, 5.41) is 54.9. The van der Waals surface area contributed by atoms with Crippen molar-refractivity contribution in [2.24, 2.45) is 0 Å². The first-order valence-electron chi connectivity index (χ1n) is 23.1. The predicted molar refractivity (Wildman–Crippen MR) is 247 cm³/mol. The lowest BCUT2D eigenvalue weighted by molar-refractivity contribution is -0.142. The molecule has 0 saturated heterocycles. The van der Waals surface area contributed by atoms with Crippen LogP contribution in [-0.4, -0.2) is 89.1 Å². The molecule has 12 heteroatoms. The molecule has 4 aliphatic rings. The number of nitrogens with zero attached hydrogens (tertiary/aromatic N) is 2. The maximum atomic E-state index is 13.9. The number of carbonyl (C=O) groups excluding carboxylic acids is 2. The molecule has 0 saturated carbocycles. The molecule has 4 heterocycles. The summed E-state index contributed by atoms with van der Waals surface area (Å²) in [7, 11) is 0. The van der Waals surface area contributed by atoms with Crippen molar-refractivity contribution in [3.8, 4) is 23.0 Å². The SMILES string of the molecule is CC(C)=CCC/C(C)=C/CC[C@]1(C)Oc2c(c(O)cc3c2CN(CCCC[C@H](C(=O)O)N2Cc4c(cc(O)c5c4O[C@@](C)(CC/C=C(\C)CCC=C(C)C)[C@@H](O)C5)C2=O)C3=O)C[C@@H]1O. The smallest absolute Gasteiger partial charge is 0.326 e. The van der Waals surface area contributed by atoms with Gasteiger partial charge in [0.25, 0.3) is 11.8 Å². The number of carbonyl (C=O) groups is 3. The molecule has 6 rings (SSSR count). The average Bonchev–Trinajstić information content (AvgIpc) is 3.70. The van der Waals surface area contributed by atoms with Gasteiger partial charge in [-0.05, 0) is 138 Å². The van der Waals surface area contributed by atoms with Gasteiger partial charge < -0.3 is 44.8 Å². The Labute approximate surface area is 379 Å². The summed E-state index contributed by atoms with van der Waals surface area (Å²) in [4.78, 5) is 43.3. The van der Waals surface area contributed by atoms with Crippen LogP contribution >= 0.6 is 0 Å². The topological polar surface area (TPSA) is 177 Å². The van der Waals surface area contributed by atoms with Crippen molar-refractivity contribution >= 4 is 17.8 Å². The molecule has 2 aromatic carbocycles. The van der Waals surface area contributed by atoms with Crippen LogP contribution in [0.2, 0.25) is 0 Å². The third-order valence-corrected chi connectivity index (χ3v) is 13.8.